The van der Waals surface area contributed by atoms with Crippen LogP contribution in [0.2, 0.25) is 19.6 Å². The second-order valence-corrected chi connectivity index (χ2v) is 8.20. The van der Waals surface area contributed by atoms with Crippen molar-refractivity contribution in [2.24, 2.45) is 0 Å². The van der Waals surface area contributed by atoms with Crippen LogP contribution in [0.5, 0.6) is 0 Å². The lowest BCUT2D eigenvalue weighted by atomic mass is 10.3. The zero-order valence-corrected chi connectivity index (χ0v) is 9.31. The third-order valence-corrected chi connectivity index (χ3v) is 2.52. The minimum Gasteiger partial charge on any atom is -0.415 e. The average Bonchev–Trinajstić information content (AvgIpc) is 1.88. The first-order valence-electron chi connectivity index (χ1n) is 4.16. The fourth-order valence-electron chi connectivity index (χ4n) is 0.696. The Morgan fingerprint density at radius 1 is 1.27 bits per heavy atom. The van der Waals surface area contributed by atoms with Crippen molar-refractivity contribution in [3.05, 3.63) is 0 Å². The van der Waals surface area contributed by atoms with Crippen molar-refractivity contribution in [2.75, 3.05) is 13.7 Å². The first-order valence-corrected chi connectivity index (χ1v) is 7.57. The normalized spacial score (nSPS) is 15.0. The second kappa shape index (κ2) is 4.90. The SMILES string of the molecule is CCC(CO[Si](C)(C)C)OC. The molecule has 0 aliphatic heterocycles. The summed E-state index contributed by atoms with van der Waals surface area (Å²) in [4.78, 5) is 0. The average molecular weight is 176 g/mol. The van der Waals surface area contributed by atoms with Crippen molar-refractivity contribution in [2.45, 2.75) is 39.1 Å². The van der Waals surface area contributed by atoms with Crippen LogP contribution in [-0.4, -0.2) is 28.1 Å². The first-order chi connectivity index (χ1) is 4.99. The van der Waals surface area contributed by atoms with Gasteiger partial charge in [0.25, 0.3) is 0 Å². The van der Waals surface area contributed by atoms with Gasteiger partial charge >= 0.3 is 0 Å². The topological polar surface area (TPSA) is 18.5 Å². The molecule has 0 spiro atoms. The molecule has 0 N–H and O–H groups in total. The third kappa shape index (κ3) is 6.53. The molecule has 0 radical (unpaired) electrons. The van der Waals surface area contributed by atoms with Crippen LogP contribution in [-0.2, 0) is 9.16 Å². The summed E-state index contributed by atoms with van der Waals surface area (Å²) in [6, 6.07) is 0. The summed E-state index contributed by atoms with van der Waals surface area (Å²) >= 11 is 0. The lowest BCUT2D eigenvalue weighted by molar-refractivity contribution is 0.0530. The van der Waals surface area contributed by atoms with Gasteiger partial charge in [-0.05, 0) is 26.1 Å². The maximum atomic E-state index is 5.69. The summed E-state index contributed by atoms with van der Waals surface area (Å²) in [7, 11) is 0.405. The number of ether oxygens (including phenoxy) is 1. The Bertz CT molecular complexity index is 94.8. The molecule has 0 heterocycles. The summed E-state index contributed by atoms with van der Waals surface area (Å²) in [5.74, 6) is 0. The van der Waals surface area contributed by atoms with Gasteiger partial charge in [-0.15, -0.1) is 0 Å². The Labute approximate surface area is 71.0 Å². The van der Waals surface area contributed by atoms with Crippen LogP contribution in [0.4, 0.5) is 0 Å². The van der Waals surface area contributed by atoms with E-state index in [1.54, 1.807) is 7.11 Å². The van der Waals surface area contributed by atoms with Crippen molar-refractivity contribution in [1.29, 1.82) is 0 Å². The minimum absolute atomic E-state index is 0.279. The second-order valence-electron chi connectivity index (χ2n) is 3.69. The largest absolute Gasteiger partial charge is 0.415 e. The molecule has 0 bridgehead atoms. The highest BCUT2D eigenvalue weighted by Crippen LogP contribution is 2.05. The van der Waals surface area contributed by atoms with Crippen molar-refractivity contribution < 1.29 is 9.16 Å². The molecular formula is C8H20O2Si. The van der Waals surface area contributed by atoms with Crippen molar-refractivity contribution >= 4 is 8.32 Å². The van der Waals surface area contributed by atoms with Crippen LogP contribution in [0, 0.1) is 0 Å². The van der Waals surface area contributed by atoms with E-state index >= 15 is 0 Å². The van der Waals surface area contributed by atoms with E-state index in [4.69, 9.17) is 9.16 Å². The van der Waals surface area contributed by atoms with Crippen LogP contribution in [0.15, 0.2) is 0 Å². The smallest absolute Gasteiger partial charge is 0.183 e. The standard InChI is InChI=1S/C8H20O2Si/c1-6-8(9-2)7-10-11(3,4)5/h8H,6-7H2,1-5H3. The van der Waals surface area contributed by atoms with Crippen LogP contribution in [0.1, 0.15) is 13.3 Å². The molecule has 0 fully saturated rings. The minimum atomic E-state index is -1.33. The van der Waals surface area contributed by atoms with Gasteiger partial charge in [-0.1, -0.05) is 6.92 Å². The molecule has 0 aromatic heterocycles. The van der Waals surface area contributed by atoms with Gasteiger partial charge < -0.3 is 9.16 Å². The molecule has 0 rings (SSSR count). The predicted molar refractivity (Wildman–Crippen MR) is 50.4 cm³/mol. The Morgan fingerprint density at radius 3 is 2.09 bits per heavy atom. The predicted octanol–water partition coefficient (Wildman–Crippen LogP) is 2.26. The number of hydrogen-bond acceptors (Lipinski definition) is 2. The van der Waals surface area contributed by atoms with Crippen molar-refractivity contribution in [3.63, 3.8) is 0 Å². The Balaban J connectivity index is 3.51. The number of methoxy groups -OCH3 is 1. The van der Waals surface area contributed by atoms with E-state index in [0.29, 0.717) is 0 Å². The first kappa shape index (κ1) is 11.1. The Kier molecular flexibility index (Phi) is 4.96. The summed E-state index contributed by atoms with van der Waals surface area (Å²) in [6.45, 7) is 9.44. The van der Waals surface area contributed by atoms with Crippen molar-refractivity contribution in [3.8, 4) is 0 Å². The van der Waals surface area contributed by atoms with Crippen molar-refractivity contribution in [1.82, 2.24) is 0 Å². The molecule has 0 aromatic carbocycles. The van der Waals surface area contributed by atoms with E-state index in [-0.39, 0.29) is 6.10 Å². The van der Waals surface area contributed by atoms with E-state index in [1.807, 2.05) is 0 Å². The molecule has 0 saturated carbocycles. The molecule has 3 heteroatoms. The molecule has 0 aromatic rings. The molecule has 0 saturated heterocycles. The molecular weight excluding hydrogens is 156 g/mol. The fraction of sp³-hybridized carbons (Fsp3) is 1.00. The molecule has 0 aliphatic carbocycles. The molecule has 0 amide bonds. The highest BCUT2D eigenvalue weighted by atomic mass is 28.4. The Morgan fingerprint density at radius 2 is 1.82 bits per heavy atom. The molecule has 2 nitrogen and oxygen atoms in total. The van der Waals surface area contributed by atoms with Gasteiger partial charge in [0.15, 0.2) is 8.32 Å². The van der Waals surface area contributed by atoms with E-state index < -0.39 is 8.32 Å². The number of hydrogen-bond donors (Lipinski definition) is 0. The van der Waals surface area contributed by atoms with Gasteiger partial charge in [-0.3, -0.25) is 0 Å². The summed E-state index contributed by atoms with van der Waals surface area (Å²) < 4.78 is 10.9. The highest BCUT2D eigenvalue weighted by molar-refractivity contribution is 6.69. The zero-order valence-electron chi connectivity index (χ0n) is 8.31. The quantitative estimate of drug-likeness (QED) is 0.598. The summed E-state index contributed by atoms with van der Waals surface area (Å²) in [5.41, 5.74) is 0. The maximum Gasteiger partial charge on any atom is 0.183 e. The van der Waals surface area contributed by atoms with Gasteiger partial charge in [0.1, 0.15) is 0 Å². The maximum absolute atomic E-state index is 5.69. The lowest BCUT2D eigenvalue weighted by Crippen LogP contribution is -2.30. The molecule has 0 aliphatic rings. The summed E-state index contributed by atoms with van der Waals surface area (Å²) in [6.07, 6.45) is 1.31. The van der Waals surface area contributed by atoms with Gasteiger partial charge in [0, 0.05) is 7.11 Å². The van der Waals surface area contributed by atoms with E-state index in [1.165, 1.54) is 0 Å². The number of rotatable bonds is 5. The fourth-order valence-corrected chi connectivity index (χ4v) is 1.38. The van der Waals surface area contributed by atoms with Crippen LogP contribution < -0.4 is 0 Å². The van der Waals surface area contributed by atoms with Gasteiger partial charge in [-0.25, -0.2) is 0 Å². The van der Waals surface area contributed by atoms with Crippen LogP contribution in [0.3, 0.4) is 0 Å². The molecule has 1 atom stereocenters. The Hall–Kier alpha value is 0.137. The van der Waals surface area contributed by atoms with E-state index in [2.05, 4.69) is 26.6 Å². The molecule has 1 unspecified atom stereocenters. The van der Waals surface area contributed by atoms with E-state index in [9.17, 15) is 0 Å². The third-order valence-electron chi connectivity index (χ3n) is 1.49. The van der Waals surface area contributed by atoms with Crippen LogP contribution >= 0.6 is 0 Å². The van der Waals surface area contributed by atoms with Gasteiger partial charge in [0.05, 0.1) is 12.7 Å². The van der Waals surface area contributed by atoms with Gasteiger partial charge in [0.2, 0.25) is 0 Å². The van der Waals surface area contributed by atoms with Crippen LogP contribution in [0.25, 0.3) is 0 Å². The zero-order chi connectivity index (χ0) is 8.91. The molecule has 68 valence electrons. The van der Waals surface area contributed by atoms with Gasteiger partial charge in [-0.2, -0.15) is 0 Å². The van der Waals surface area contributed by atoms with E-state index in [0.717, 1.165) is 13.0 Å². The monoisotopic (exact) mass is 176 g/mol. The summed E-state index contributed by atoms with van der Waals surface area (Å²) in [5, 5.41) is 0. The highest BCUT2D eigenvalue weighted by Gasteiger charge is 2.16. The lowest BCUT2D eigenvalue weighted by Gasteiger charge is -2.21. The molecule has 11 heavy (non-hydrogen) atoms.